The molecule has 274 valence electrons. The van der Waals surface area contributed by atoms with Crippen molar-refractivity contribution in [3.63, 3.8) is 0 Å². The van der Waals surface area contributed by atoms with Gasteiger partial charge in [0.15, 0.2) is 0 Å². The van der Waals surface area contributed by atoms with Crippen LogP contribution in [0.1, 0.15) is 25.1 Å². The highest BCUT2D eigenvalue weighted by Crippen LogP contribution is 2.37. The van der Waals surface area contributed by atoms with Crippen LogP contribution in [0.25, 0.3) is 0 Å². The van der Waals surface area contributed by atoms with Crippen molar-refractivity contribution in [3.8, 4) is 0 Å². The lowest BCUT2D eigenvalue weighted by Gasteiger charge is -2.36. The minimum absolute atomic E-state index is 0.0893. The van der Waals surface area contributed by atoms with Crippen LogP contribution in [0.15, 0.2) is 63.2 Å². The number of alkyl halides is 3. The molecule has 19 heteroatoms. The average Bonchev–Trinajstić information content (AvgIpc) is 3.51. The lowest BCUT2D eigenvalue weighted by Crippen LogP contribution is -2.46. The van der Waals surface area contributed by atoms with Gasteiger partial charge in [-0.25, -0.2) is 21.6 Å². The monoisotopic (exact) mass is 758 g/mol. The molecule has 50 heavy (non-hydrogen) atoms. The van der Waals surface area contributed by atoms with Crippen molar-refractivity contribution in [2.75, 3.05) is 68.3 Å². The number of morpholine rings is 1. The fourth-order valence-electron chi connectivity index (χ4n) is 6.34. The summed E-state index contributed by atoms with van der Waals surface area (Å²) in [7, 11) is -10.5. The van der Waals surface area contributed by atoms with Gasteiger partial charge in [0.2, 0.25) is 5.95 Å². The van der Waals surface area contributed by atoms with Crippen LogP contribution in [0, 0.1) is 0 Å². The zero-order valence-corrected chi connectivity index (χ0v) is 29.8. The number of benzene rings is 2. The number of ether oxygens (including phenoxy) is 1. The summed E-state index contributed by atoms with van der Waals surface area (Å²) in [6.45, 7) is 6.53. The van der Waals surface area contributed by atoms with E-state index in [0.29, 0.717) is 82.6 Å². The van der Waals surface area contributed by atoms with E-state index in [0.717, 1.165) is 43.0 Å². The number of hydrogen-bond acceptors (Lipinski definition) is 12. The van der Waals surface area contributed by atoms with Gasteiger partial charge in [0.25, 0.3) is 19.9 Å². The minimum atomic E-state index is -5.96. The van der Waals surface area contributed by atoms with Gasteiger partial charge >= 0.3 is 5.51 Å². The summed E-state index contributed by atoms with van der Waals surface area (Å²) in [5.41, 5.74) is -6.01. The van der Waals surface area contributed by atoms with Gasteiger partial charge in [-0.15, -0.1) is 22.0 Å². The quantitative estimate of drug-likeness (QED) is 0.220. The molecular formula is C31H41F3N8O5S3. The Labute approximate surface area is 294 Å². The summed E-state index contributed by atoms with van der Waals surface area (Å²) in [5.74, 6) is 0.881. The van der Waals surface area contributed by atoms with E-state index >= 15 is 0 Å². The maximum atomic E-state index is 14.1. The highest BCUT2D eigenvalue weighted by molar-refractivity contribution is 7.99. The van der Waals surface area contributed by atoms with Crippen LogP contribution in [0.3, 0.4) is 0 Å². The maximum absolute atomic E-state index is 14.1. The number of hydrogen-bond donors (Lipinski definition) is 3. The van der Waals surface area contributed by atoms with E-state index in [1.54, 1.807) is 4.57 Å². The number of nitrogens with zero attached hydrogens (tertiary/aromatic N) is 5. The third kappa shape index (κ3) is 8.74. The largest absolute Gasteiger partial charge is 0.501 e. The van der Waals surface area contributed by atoms with Crippen molar-refractivity contribution in [2.45, 2.75) is 64.6 Å². The first-order valence-corrected chi connectivity index (χ1v) is 20.5. The van der Waals surface area contributed by atoms with E-state index in [9.17, 15) is 30.0 Å². The van der Waals surface area contributed by atoms with E-state index < -0.39 is 41.2 Å². The standard InChI is InChI=1S/C31H41F3N8O5S3/c32-31(33,34)49(43,44)28-20-26(50(45,46)39-30-38-37-29-21-41(14-15-42(29)30)24-8-11-35-12-9-24)6-7-27(28)36-23(10-13-40-16-18-47-19-17-40)22-48-25-4-2-1-3-5-25/h1-7,20,23-24,35-36H,8-19,21-22H2,(H,38,39)/t23-/m1/s1. The van der Waals surface area contributed by atoms with Crippen molar-refractivity contribution in [2.24, 2.45) is 0 Å². The first kappa shape index (κ1) is 36.8. The number of nitrogens with one attached hydrogen (secondary N) is 3. The van der Waals surface area contributed by atoms with Crippen molar-refractivity contribution < 1.29 is 34.7 Å². The van der Waals surface area contributed by atoms with Crippen LogP contribution in [0.5, 0.6) is 0 Å². The molecular weight excluding hydrogens is 718 g/mol. The van der Waals surface area contributed by atoms with Crippen LogP contribution < -0.4 is 15.4 Å². The fourth-order valence-corrected chi connectivity index (χ4v) is 9.39. The van der Waals surface area contributed by atoms with E-state index in [1.165, 1.54) is 11.8 Å². The number of sulfone groups is 1. The molecule has 2 fully saturated rings. The Morgan fingerprint density at radius 2 is 1.72 bits per heavy atom. The summed E-state index contributed by atoms with van der Waals surface area (Å²) >= 11 is 1.48. The Morgan fingerprint density at radius 3 is 2.44 bits per heavy atom. The summed E-state index contributed by atoms with van der Waals surface area (Å²) in [6.07, 6.45) is 2.46. The lowest BCUT2D eigenvalue weighted by molar-refractivity contribution is -0.0435. The van der Waals surface area contributed by atoms with Crippen LogP contribution >= 0.6 is 11.8 Å². The molecule has 0 unspecified atom stereocenters. The van der Waals surface area contributed by atoms with Crippen molar-refractivity contribution in [1.82, 2.24) is 29.9 Å². The number of fused-ring (bicyclic) bond motifs is 1. The predicted molar refractivity (Wildman–Crippen MR) is 183 cm³/mol. The van der Waals surface area contributed by atoms with Gasteiger partial charge < -0.3 is 15.4 Å². The number of sulfonamides is 1. The molecule has 0 amide bonds. The number of rotatable bonds is 13. The van der Waals surface area contributed by atoms with E-state index in [4.69, 9.17) is 4.74 Å². The Bertz CT molecular complexity index is 1820. The zero-order valence-electron chi connectivity index (χ0n) is 27.3. The SMILES string of the molecule is O=S(=O)(Nc1nnc2n1CCN(C1CCNCC1)C2)c1ccc(N[C@H](CCN2CCOCC2)CSc2ccccc2)c(S(=O)(=O)C(F)(F)F)c1. The third-order valence-corrected chi connectivity index (χ3v) is 13.2. The number of anilines is 2. The van der Waals surface area contributed by atoms with Gasteiger partial charge in [0, 0.05) is 55.5 Å². The van der Waals surface area contributed by atoms with E-state index in [2.05, 4.69) is 35.4 Å². The van der Waals surface area contributed by atoms with E-state index in [-0.39, 0.29) is 11.6 Å². The molecule has 1 aromatic heterocycles. The van der Waals surface area contributed by atoms with Crippen molar-refractivity contribution >= 4 is 43.3 Å². The van der Waals surface area contributed by atoms with Crippen LogP contribution in [0.4, 0.5) is 24.8 Å². The molecule has 3 aromatic rings. The molecule has 1 atom stereocenters. The topological polar surface area (TPSA) is 151 Å². The van der Waals surface area contributed by atoms with Crippen LogP contribution in [0.2, 0.25) is 0 Å². The van der Waals surface area contributed by atoms with Gasteiger partial charge in [-0.1, -0.05) is 18.2 Å². The molecule has 3 aliphatic heterocycles. The molecule has 0 spiro atoms. The maximum Gasteiger partial charge on any atom is 0.501 e. The molecule has 4 heterocycles. The van der Waals surface area contributed by atoms with Gasteiger partial charge in [0.05, 0.1) is 30.3 Å². The number of aromatic nitrogens is 3. The zero-order chi connectivity index (χ0) is 35.4. The summed E-state index contributed by atoms with van der Waals surface area (Å²) < 4.78 is 105. The first-order valence-electron chi connectivity index (χ1n) is 16.5. The Hall–Kier alpha value is -2.94. The smallest absolute Gasteiger partial charge is 0.380 e. The number of piperidine rings is 1. The second-order valence-electron chi connectivity index (χ2n) is 12.5. The fraction of sp³-hybridized carbons (Fsp3) is 0.548. The molecule has 2 aromatic carbocycles. The average molecular weight is 759 g/mol. The second-order valence-corrected chi connectivity index (χ2v) is 17.1. The summed E-state index contributed by atoms with van der Waals surface area (Å²) in [6, 6.07) is 12.1. The normalized spacial score (nSPS) is 19.2. The van der Waals surface area contributed by atoms with Crippen molar-refractivity contribution in [3.05, 3.63) is 54.4 Å². The van der Waals surface area contributed by atoms with Gasteiger partial charge in [-0.05, 0) is 62.7 Å². The van der Waals surface area contributed by atoms with E-state index in [1.807, 2.05) is 30.3 Å². The highest BCUT2D eigenvalue weighted by atomic mass is 32.2. The first-order chi connectivity index (χ1) is 23.9. The highest BCUT2D eigenvalue weighted by Gasteiger charge is 2.48. The van der Waals surface area contributed by atoms with Crippen LogP contribution in [-0.4, -0.2) is 117 Å². The predicted octanol–water partition coefficient (Wildman–Crippen LogP) is 3.24. The molecule has 0 radical (unpaired) electrons. The number of halogens is 3. The van der Waals surface area contributed by atoms with Gasteiger partial charge in [0.1, 0.15) is 10.7 Å². The second kappa shape index (κ2) is 15.7. The Balaban J connectivity index is 1.24. The molecule has 6 rings (SSSR count). The van der Waals surface area contributed by atoms with Gasteiger partial charge in [-0.3, -0.25) is 14.4 Å². The van der Waals surface area contributed by atoms with Crippen molar-refractivity contribution in [1.29, 1.82) is 0 Å². The third-order valence-electron chi connectivity index (χ3n) is 9.14. The Morgan fingerprint density at radius 1 is 0.980 bits per heavy atom. The van der Waals surface area contributed by atoms with Gasteiger partial charge in [-0.2, -0.15) is 13.2 Å². The minimum Gasteiger partial charge on any atom is -0.380 e. The molecule has 2 saturated heterocycles. The summed E-state index contributed by atoms with van der Waals surface area (Å²) in [5, 5.41) is 14.5. The molecule has 0 bridgehead atoms. The molecule has 3 aliphatic rings. The molecule has 0 saturated carbocycles. The molecule has 3 N–H and O–H groups in total. The van der Waals surface area contributed by atoms with Crippen LogP contribution in [-0.2, 0) is 37.7 Å². The Kier molecular flexibility index (Phi) is 11.6. The number of thioether (sulfide) groups is 1. The lowest BCUT2D eigenvalue weighted by atomic mass is 10.0. The molecule has 13 nitrogen and oxygen atoms in total. The molecule has 0 aliphatic carbocycles. The summed E-state index contributed by atoms with van der Waals surface area (Å²) in [4.78, 5) is 3.58.